The summed E-state index contributed by atoms with van der Waals surface area (Å²) in [5, 5.41) is 3.70. The highest BCUT2D eigenvalue weighted by molar-refractivity contribution is 4.88. The highest BCUT2D eigenvalue weighted by Gasteiger charge is 2.29. The summed E-state index contributed by atoms with van der Waals surface area (Å²) in [5.74, 6) is 1.64. The van der Waals surface area contributed by atoms with Crippen LogP contribution in [0.3, 0.4) is 0 Å². The first kappa shape index (κ1) is 15.0. The van der Waals surface area contributed by atoms with Crippen molar-refractivity contribution in [1.82, 2.24) is 10.2 Å². The molecule has 0 aliphatic carbocycles. The van der Waals surface area contributed by atoms with E-state index in [4.69, 9.17) is 0 Å². The van der Waals surface area contributed by atoms with Crippen molar-refractivity contribution in [3.8, 4) is 0 Å². The molecular formula is C15H32N2. The van der Waals surface area contributed by atoms with Crippen LogP contribution in [0.2, 0.25) is 0 Å². The van der Waals surface area contributed by atoms with Crippen molar-refractivity contribution in [2.24, 2.45) is 11.8 Å². The van der Waals surface area contributed by atoms with Crippen molar-refractivity contribution in [2.45, 2.75) is 66.0 Å². The Bertz CT molecular complexity index is 199. The SMILES string of the molecule is CCC(CC)CN1CC(CC)NCC1C(C)C. The normalized spacial score (nSPS) is 27.0. The molecule has 0 radical (unpaired) electrons. The van der Waals surface area contributed by atoms with E-state index in [-0.39, 0.29) is 0 Å². The minimum absolute atomic E-state index is 0.708. The van der Waals surface area contributed by atoms with Crippen LogP contribution in [0, 0.1) is 11.8 Å². The Kier molecular flexibility index (Phi) is 6.50. The summed E-state index contributed by atoms with van der Waals surface area (Å²) in [6, 6.07) is 1.44. The summed E-state index contributed by atoms with van der Waals surface area (Å²) < 4.78 is 0. The molecule has 2 heteroatoms. The van der Waals surface area contributed by atoms with Crippen LogP contribution in [-0.2, 0) is 0 Å². The van der Waals surface area contributed by atoms with Gasteiger partial charge in [0.05, 0.1) is 0 Å². The molecule has 102 valence electrons. The zero-order valence-electron chi connectivity index (χ0n) is 12.5. The second-order valence-electron chi connectivity index (χ2n) is 5.96. The Morgan fingerprint density at radius 2 is 1.82 bits per heavy atom. The van der Waals surface area contributed by atoms with E-state index in [1.807, 2.05) is 0 Å². The maximum Gasteiger partial charge on any atom is 0.0244 e. The third-order valence-corrected chi connectivity index (χ3v) is 4.45. The summed E-state index contributed by atoms with van der Waals surface area (Å²) in [6.45, 7) is 15.4. The first-order chi connectivity index (χ1) is 8.12. The lowest BCUT2D eigenvalue weighted by atomic mass is 9.94. The molecule has 1 aliphatic rings. The molecule has 17 heavy (non-hydrogen) atoms. The van der Waals surface area contributed by atoms with Crippen molar-refractivity contribution in [3.05, 3.63) is 0 Å². The molecule has 2 unspecified atom stereocenters. The van der Waals surface area contributed by atoms with Gasteiger partial charge in [0.15, 0.2) is 0 Å². The standard InChI is InChI=1S/C15H32N2/c1-6-13(7-2)10-17-11-14(8-3)16-9-15(17)12(4)5/h12-16H,6-11H2,1-5H3. The van der Waals surface area contributed by atoms with E-state index >= 15 is 0 Å². The molecule has 0 aromatic rings. The first-order valence-electron chi connectivity index (χ1n) is 7.59. The van der Waals surface area contributed by atoms with Gasteiger partial charge in [-0.1, -0.05) is 47.5 Å². The van der Waals surface area contributed by atoms with Gasteiger partial charge in [-0.3, -0.25) is 4.90 Å². The van der Waals surface area contributed by atoms with Crippen LogP contribution in [0.15, 0.2) is 0 Å². The second-order valence-corrected chi connectivity index (χ2v) is 5.96. The van der Waals surface area contributed by atoms with Crippen LogP contribution in [0.25, 0.3) is 0 Å². The van der Waals surface area contributed by atoms with Gasteiger partial charge in [-0.15, -0.1) is 0 Å². The zero-order chi connectivity index (χ0) is 12.8. The van der Waals surface area contributed by atoms with E-state index in [9.17, 15) is 0 Å². The van der Waals surface area contributed by atoms with Gasteiger partial charge in [0.1, 0.15) is 0 Å². The summed E-state index contributed by atoms with van der Waals surface area (Å²) in [6.07, 6.45) is 3.90. The Morgan fingerprint density at radius 1 is 1.18 bits per heavy atom. The van der Waals surface area contributed by atoms with Crippen LogP contribution in [0.1, 0.15) is 53.9 Å². The fourth-order valence-corrected chi connectivity index (χ4v) is 2.92. The molecule has 1 heterocycles. The van der Waals surface area contributed by atoms with Crippen molar-refractivity contribution in [3.63, 3.8) is 0 Å². The van der Waals surface area contributed by atoms with Crippen LogP contribution >= 0.6 is 0 Å². The van der Waals surface area contributed by atoms with E-state index in [1.54, 1.807) is 0 Å². The zero-order valence-corrected chi connectivity index (χ0v) is 12.5. The molecular weight excluding hydrogens is 208 g/mol. The Balaban J connectivity index is 2.59. The van der Waals surface area contributed by atoms with Gasteiger partial charge in [-0.05, 0) is 18.3 Å². The predicted molar refractivity (Wildman–Crippen MR) is 76.4 cm³/mol. The monoisotopic (exact) mass is 240 g/mol. The lowest BCUT2D eigenvalue weighted by Crippen LogP contribution is -2.58. The Morgan fingerprint density at radius 3 is 2.29 bits per heavy atom. The van der Waals surface area contributed by atoms with Crippen LogP contribution in [-0.4, -0.2) is 36.6 Å². The van der Waals surface area contributed by atoms with Gasteiger partial charge >= 0.3 is 0 Å². The molecule has 0 spiro atoms. The summed E-state index contributed by atoms with van der Waals surface area (Å²) >= 11 is 0. The predicted octanol–water partition coefficient (Wildman–Crippen LogP) is 3.13. The van der Waals surface area contributed by atoms with Crippen LogP contribution in [0.4, 0.5) is 0 Å². The molecule has 0 amide bonds. The molecule has 0 aromatic carbocycles. The van der Waals surface area contributed by atoms with Gasteiger partial charge in [0.2, 0.25) is 0 Å². The van der Waals surface area contributed by atoms with Gasteiger partial charge in [-0.2, -0.15) is 0 Å². The molecule has 2 atom stereocenters. The molecule has 0 aromatic heterocycles. The first-order valence-corrected chi connectivity index (χ1v) is 7.59. The van der Waals surface area contributed by atoms with Gasteiger partial charge in [0, 0.05) is 31.7 Å². The Labute approximate surface area is 108 Å². The number of hydrogen-bond donors (Lipinski definition) is 1. The van der Waals surface area contributed by atoms with Crippen molar-refractivity contribution in [1.29, 1.82) is 0 Å². The maximum absolute atomic E-state index is 3.70. The number of rotatable bonds is 6. The van der Waals surface area contributed by atoms with E-state index in [2.05, 4.69) is 44.8 Å². The molecule has 0 bridgehead atoms. The maximum atomic E-state index is 3.70. The largest absolute Gasteiger partial charge is 0.311 e. The number of nitrogens with zero attached hydrogens (tertiary/aromatic N) is 1. The van der Waals surface area contributed by atoms with Gasteiger partial charge < -0.3 is 5.32 Å². The molecule has 1 N–H and O–H groups in total. The quantitative estimate of drug-likeness (QED) is 0.767. The summed E-state index contributed by atoms with van der Waals surface area (Å²) in [5.41, 5.74) is 0. The summed E-state index contributed by atoms with van der Waals surface area (Å²) in [7, 11) is 0. The van der Waals surface area contributed by atoms with Crippen molar-refractivity contribution < 1.29 is 0 Å². The van der Waals surface area contributed by atoms with Crippen molar-refractivity contribution in [2.75, 3.05) is 19.6 Å². The molecule has 1 saturated heterocycles. The minimum atomic E-state index is 0.708. The third kappa shape index (κ3) is 4.26. The highest BCUT2D eigenvalue weighted by Crippen LogP contribution is 2.20. The molecule has 0 saturated carbocycles. The molecule has 2 nitrogen and oxygen atoms in total. The van der Waals surface area contributed by atoms with Crippen molar-refractivity contribution >= 4 is 0 Å². The fraction of sp³-hybridized carbons (Fsp3) is 1.00. The molecule has 1 rings (SSSR count). The van der Waals surface area contributed by atoms with Gasteiger partial charge in [0.25, 0.3) is 0 Å². The Hall–Kier alpha value is -0.0800. The van der Waals surface area contributed by atoms with E-state index in [1.165, 1.54) is 38.9 Å². The number of hydrogen-bond acceptors (Lipinski definition) is 2. The third-order valence-electron chi connectivity index (χ3n) is 4.45. The van der Waals surface area contributed by atoms with E-state index < -0.39 is 0 Å². The molecule has 1 aliphatic heterocycles. The van der Waals surface area contributed by atoms with Gasteiger partial charge in [-0.25, -0.2) is 0 Å². The average molecular weight is 240 g/mol. The number of nitrogens with one attached hydrogen (secondary N) is 1. The fourth-order valence-electron chi connectivity index (χ4n) is 2.92. The molecule has 1 fully saturated rings. The topological polar surface area (TPSA) is 15.3 Å². The highest BCUT2D eigenvalue weighted by atomic mass is 15.2. The second kappa shape index (κ2) is 7.38. The smallest absolute Gasteiger partial charge is 0.0244 e. The van der Waals surface area contributed by atoms with E-state index in [0.717, 1.165) is 17.9 Å². The van der Waals surface area contributed by atoms with Crippen LogP contribution < -0.4 is 5.32 Å². The average Bonchev–Trinajstić information content (AvgIpc) is 2.35. The van der Waals surface area contributed by atoms with E-state index in [0.29, 0.717) is 6.04 Å². The van der Waals surface area contributed by atoms with Crippen LogP contribution in [0.5, 0.6) is 0 Å². The minimum Gasteiger partial charge on any atom is -0.311 e. The summed E-state index contributed by atoms with van der Waals surface area (Å²) in [4.78, 5) is 2.76. The lowest BCUT2D eigenvalue weighted by molar-refractivity contribution is 0.0788. The lowest BCUT2D eigenvalue weighted by Gasteiger charge is -2.43. The number of piperazine rings is 1.